The summed E-state index contributed by atoms with van der Waals surface area (Å²) in [4.78, 5) is 14.8. The number of nitrogens with zero attached hydrogens (tertiary/aromatic N) is 1. The standard InChI is InChI=1S/C16H26N2O3S/c1-16(2,3)12-18(9-6-10-19)15(20)17-13-7-5-8-14(11-13)22(4)21/h5,7-8,11,19H,6,9-10,12H2,1-4H3,(H,17,20). The van der Waals surface area contributed by atoms with E-state index in [9.17, 15) is 9.00 Å². The van der Waals surface area contributed by atoms with Crippen LogP contribution in [-0.2, 0) is 10.8 Å². The van der Waals surface area contributed by atoms with Crippen LogP contribution in [0.4, 0.5) is 10.5 Å². The van der Waals surface area contributed by atoms with Crippen molar-refractivity contribution in [1.29, 1.82) is 0 Å². The molecule has 5 nitrogen and oxygen atoms in total. The lowest BCUT2D eigenvalue weighted by Gasteiger charge is -2.30. The first-order chi connectivity index (χ1) is 10.2. The summed E-state index contributed by atoms with van der Waals surface area (Å²) in [6.07, 6.45) is 2.15. The summed E-state index contributed by atoms with van der Waals surface area (Å²) < 4.78 is 11.5. The van der Waals surface area contributed by atoms with Gasteiger partial charge in [0, 0.05) is 47.3 Å². The predicted molar refractivity (Wildman–Crippen MR) is 90.5 cm³/mol. The monoisotopic (exact) mass is 326 g/mol. The van der Waals surface area contributed by atoms with E-state index >= 15 is 0 Å². The van der Waals surface area contributed by atoms with Crippen molar-refractivity contribution in [3.05, 3.63) is 24.3 Å². The van der Waals surface area contributed by atoms with Crippen molar-refractivity contribution in [2.24, 2.45) is 5.41 Å². The van der Waals surface area contributed by atoms with Gasteiger partial charge < -0.3 is 15.3 Å². The second kappa shape index (κ2) is 8.29. The minimum Gasteiger partial charge on any atom is -0.396 e. The lowest BCUT2D eigenvalue weighted by atomic mass is 9.96. The van der Waals surface area contributed by atoms with Crippen LogP contribution in [0, 0.1) is 5.41 Å². The summed E-state index contributed by atoms with van der Waals surface area (Å²) in [7, 11) is -1.08. The van der Waals surface area contributed by atoms with Crippen molar-refractivity contribution in [1.82, 2.24) is 4.90 Å². The maximum Gasteiger partial charge on any atom is 0.321 e. The molecule has 1 aromatic rings. The molecule has 1 atom stereocenters. The molecule has 22 heavy (non-hydrogen) atoms. The molecule has 0 aromatic heterocycles. The van der Waals surface area contributed by atoms with Crippen molar-refractivity contribution >= 4 is 22.5 Å². The number of carbonyl (C=O) groups excluding carboxylic acids is 1. The Labute approximate surface area is 135 Å². The number of aliphatic hydroxyl groups excluding tert-OH is 1. The van der Waals surface area contributed by atoms with Crippen LogP contribution in [0.3, 0.4) is 0 Å². The van der Waals surface area contributed by atoms with Crippen LogP contribution in [0.1, 0.15) is 27.2 Å². The van der Waals surface area contributed by atoms with Gasteiger partial charge in [0.05, 0.1) is 0 Å². The number of hydrogen-bond donors (Lipinski definition) is 2. The number of rotatable bonds is 6. The van der Waals surface area contributed by atoms with Gasteiger partial charge in [0.1, 0.15) is 0 Å². The highest BCUT2D eigenvalue weighted by Crippen LogP contribution is 2.18. The third-order valence-corrected chi connectivity index (χ3v) is 3.87. The van der Waals surface area contributed by atoms with Crippen molar-refractivity contribution in [2.45, 2.75) is 32.1 Å². The van der Waals surface area contributed by atoms with E-state index in [1.54, 1.807) is 35.4 Å². The second-order valence-electron chi connectivity index (χ2n) is 6.47. The number of carbonyl (C=O) groups is 1. The van der Waals surface area contributed by atoms with Gasteiger partial charge in [-0.2, -0.15) is 0 Å². The van der Waals surface area contributed by atoms with Gasteiger partial charge in [-0.25, -0.2) is 4.79 Å². The van der Waals surface area contributed by atoms with Crippen molar-refractivity contribution < 1.29 is 14.1 Å². The van der Waals surface area contributed by atoms with Crippen molar-refractivity contribution in [3.8, 4) is 0 Å². The third-order valence-electron chi connectivity index (χ3n) is 2.96. The molecule has 2 amide bonds. The molecule has 0 radical (unpaired) electrons. The van der Waals surface area contributed by atoms with Crippen LogP contribution in [0.2, 0.25) is 0 Å². The zero-order valence-corrected chi connectivity index (χ0v) is 14.6. The molecule has 0 aliphatic rings. The molecule has 0 fully saturated rings. The number of amides is 2. The molecule has 1 aromatic carbocycles. The van der Waals surface area contributed by atoms with Crippen LogP contribution in [-0.4, -0.2) is 46.2 Å². The minimum atomic E-state index is -1.08. The highest BCUT2D eigenvalue weighted by atomic mass is 32.2. The van der Waals surface area contributed by atoms with Crippen molar-refractivity contribution in [2.75, 3.05) is 31.3 Å². The summed E-state index contributed by atoms with van der Waals surface area (Å²) in [6.45, 7) is 7.34. The van der Waals surface area contributed by atoms with Crippen LogP contribution < -0.4 is 5.32 Å². The molecular weight excluding hydrogens is 300 g/mol. The maximum atomic E-state index is 12.4. The van der Waals surface area contributed by atoms with E-state index in [1.807, 2.05) is 0 Å². The van der Waals surface area contributed by atoms with Crippen LogP contribution >= 0.6 is 0 Å². The summed E-state index contributed by atoms with van der Waals surface area (Å²) in [5.74, 6) is 0. The Morgan fingerprint density at radius 1 is 1.36 bits per heavy atom. The largest absolute Gasteiger partial charge is 0.396 e. The Kier molecular flexibility index (Phi) is 7.03. The van der Waals surface area contributed by atoms with E-state index in [2.05, 4.69) is 26.1 Å². The van der Waals surface area contributed by atoms with Gasteiger partial charge in [0.25, 0.3) is 0 Å². The quantitative estimate of drug-likeness (QED) is 0.844. The van der Waals surface area contributed by atoms with Gasteiger partial charge in [-0.1, -0.05) is 26.8 Å². The first-order valence-corrected chi connectivity index (χ1v) is 8.89. The third kappa shape index (κ3) is 6.58. The lowest BCUT2D eigenvalue weighted by Crippen LogP contribution is -2.41. The SMILES string of the molecule is CS(=O)c1cccc(NC(=O)N(CCCO)CC(C)(C)C)c1. The fraction of sp³-hybridized carbons (Fsp3) is 0.562. The van der Waals surface area contributed by atoms with E-state index in [1.165, 1.54) is 0 Å². The topological polar surface area (TPSA) is 69.6 Å². The Morgan fingerprint density at radius 3 is 2.59 bits per heavy atom. The number of urea groups is 1. The fourth-order valence-electron chi connectivity index (χ4n) is 2.04. The summed E-state index contributed by atoms with van der Waals surface area (Å²) in [5.41, 5.74) is 0.597. The second-order valence-corrected chi connectivity index (χ2v) is 7.85. The molecule has 0 spiro atoms. The Balaban J connectivity index is 2.81. The minimum absolute atomic E-state index is 0.0282. The Hall–Kier alpha value is -1.40. The molecule has 0 saturated carbocycles. The number of hydrogen-bond acceptors (Lipinski definition) is 3. The zero-order chi connectivity index (χ0) is 16.8. The highest BCUT2D eigenvalue weighted by molar-refractivity contribution is 7.84. The average molecular weight is 326 g/mol. The Bertz CT molecular complexity index is 526. The zero-order valence-electron chi connectivity index (χ0n) is 13.8. The molecule has 2 N–H and O–H groups in total. The molecule has 1 rings (SSSR count). The number of aliphatic hydroxyl groups is 1. The van der Waals surface area contributed by atoms with Gasteiger partial charge in [-0.3, -0.25) is 4.21 Å². The molecule has 1 unspecified atom stereocenters. The van der Waals surface area contributed by atoms with Gasteiger partial charge in [-0.15, -0.1) is 0 Å². The number of nitrogens with one attached hydrogen (secondary N) is 1. The Morgan fingerprint density at radius 2 is 2.05 bits per heavy atom. The lowest BCUT2D eigenvalue weighted by molar-refractivity contribution is 0.176. The van der Waals surface area contributed by atoms with Crippen LogP contribution in [0.25, 0.3) is 0 Å². The molecule has 0 heterocycles. The first-order valence-electron chi connectivity index (χ1n) is 7.33. The molecular formula is C16H26N2O3S. The molecule has 6 heteroatoms. The fourth-order valence-corrected chi connectivity index (χ4v) is 2.60. The van der Waals surface area contributed by atoms with Gasteiger partial charge in [0.2, 0.25) is 0 Å². The summed E-state index contributed by atoms with van der Waals surface area (Å²) in [5, 5.41) is 11.8. The smallest absolute Gasteiger partial charge is 0.321 e. The predicted octanol–water partition coefficient (Wildman–Crippen LogP) is 2.69. The molecule has 0 aliphatic heterocycles. The molecule has 124 valence electrons. The van der Waals surface area contributed by atoms with Gasteiger partial charge in [-0.05, 0) is 30.0 Å². The van der Waals surface area contributed by atoms with E-state index in [-0.39, 0.29) is 18.1 Å². The highest BCUT2D eigenvalue weighted by Gasteiger charge is 2.20. The first kappa shape index (κ1) is 18.6. The maximum absolute atomic E-state index is 12.4. The normalized spacial score (nSPS) is 12.8. The van der Waals surface area contributed by atoms with Gasteiger partial charge in [0.15, 0.2) is 0 Å². The summed E-state index contributed by atoms with van der Waals surface area (Å²) >= 11 is 0. The van der Waals surface area contributed by atoms with Crippen LogP contribution in [0.15, 0.2) is 29.2 Å². The van der Waals surface area contributed by atoms with E-state index in [4.69, 9.17) is 5.11 Å². The molecule has 0 saturated heterocycles. The van der Waals surface area contributed by atoms with Crippen LogP contribution in [0.5, 0.6) is 0 Å². The number of benzene rings is 1. The van der Waals surface area contributed by atoms with E-state index < -0.39 is 10.8 Å². The van der Waals surface area contributed by atoms with Crippen molar-refractivity contribution in [3.63, 3.8) is 0 Å². The molecule has 0 bridgehead atoms. The van der Waals surface area contributed by atoms with E-state index in [0.717, 1.165) is 0 Å². The van der Waals surface area contributed by atoms with Gasteiger partial charge >= 0.3 is 6.03 Å². The molecule has 0 aliphatic carbocycles. The number of anilines is 1. The summed E-state index contributed by atoms with van der Waals surface area (Å²) in [6, 6.07) is 6.83. The van der Waals surface area contributed by atoms with E-state index in [0.29, 0.717) is 30.1 Å². The average Bonchev–Trinajstić information content (AvgIpc) is 2.42.